The number of benzene rings is 2. The van der Waals surface area contributed by atoms with E-state index in [4.69, 9.17) is 9.26 Å². The number of hydrogen-bond acceptors (Lipinski definition) is 6. The molecule has 0 saturated carbocycles. The van der Waals surface area contributed by atoms with Crippen LogP contribution >= 0.6 is 0 Å². The van der Waals surface area contributed by atoms with Crippen molar-refractivity contribution in [1.82, 2.24) is 10.1 Å². The van der Waals surface area contributed by atoms with E-state index in [0.717, 1.165) is 22.7 Å². The van der Waals surface area contributed by atoms with Crippen LogP contribution in [0.5, 0.6) is 5.75 Å². The van der Waals surface area contributed by atoms with E-state index in [2.05, 4.69) is 15.5 Å². The summed E-state index contributed by atoms with van der Waals surface area (Å²) in [6.07, 6.45) is 0.0125. The van der Waals surface area contributed by atoms with E-state index in [-0.39, 0.29) is 18.2 Å². The Morgan fingerprint density at radius 1 is 1.12 bits per heavy atom. The maximum absolute atomic E-state index is 12.2. The van der Waals surface area contributed by atoms with E-state index in [1.807, 2.05) is 67.5 Å². The molecule has 0 fully saturated rings. The first-order valence-electron chi connectivity index (χ1n) is 8.09. The zero-order valence-corrected chi connectivity index (χ0v) is 14.9. The zero-order chi connectivity index (χ0) is 18.5. The summed E-state index contributed by atoms with van der Waals surface area (Å²) in [7, 11) is 5.53. The highest BCUT2D eigenvalue weighted by Crippen LogP contribution is 2.20. The van der Waals surface area contributed by atoms with Crippen molar-refractivity contribution in [3.8, 4) is 17.1 Å². The topological polar surface area (TPSA) is 80.5 Å². The fourth-order valence-electron chi connectivity index (χ4n) is 2.37. The molecule has 0 unspecified atom stereocenters. The molecule has 0 bridgehead atoms. The van der Waals surface area contributed by atoms with Crippen LogP contribution in [0.3, 0.4) is 0 Å². The Kier molecular flexibility index (Phi) is 5.17. The first kappa shape index (κ1) is 17.5. The van der Waals surface area contributed by atoms with Crippen LogP contribution in [0.2, 0.25) is 0 Å². The minimum atomic E-state index is -0.215. The Morgan fingerprint density at radius 2 is 1.81 bits per heavy atom. The molecule has 134 valence electrons. The Bertz CT molecular complexity index is 871. The number of anilines is 2. The molecule has 2 aromatic carbocycles. The molecule has 0 radical (unpaired) electrons. The van der Waals surface area contributed by atoms with Crippen molar-refractivity contribution in [1.29, 1.82) is 0 Å². The third-order valence-corrected chi connectivity index (χ3v) is 3.80. The van der Waals surface area contributed by atoms with E-state index < -0.39 is 0 Å². The lowest BCUT2D eigenvalue weighted by atomic mass is 10.2. The van der Waals surface area contributed by atoms with Gasteiger partial charge in [-0.3, -0.25) is 4.79 Å². The van der Waals surface area contributed by atoms with Gasteiger partial charge in [0.2, 0.25) is 17.6 Å². The van der Waals surface area contributed by atoms with E-state index in [1.54, 1.807) is 7.11 Å². The quantitative estimate of drug-likeness (QED) is 0.734. The van der Waals surface area contributed by atoms with Crippen molar-refractivity contribution in [3.05, 3.63) is 54.4 Å². The standard InChI is InChI=1S/C19H20N4O3/c1-23(2)15-8-6-14(7-9-15)20-17(24)12-18-21-19(22-26-18)13-4-10-16(25-3)11-5-13/h4-11H,12H2,1-3H3,(H,20,24). The first-order chi connectivity index (χ1) is 12.5. The third kappa shape index (κ3) is 4.18. The van der Waals surface area contributed by atoms with Crippen molar-refractivity contribution >= 4 is 17.3 Å². The monoisotopic (exact) mass is 352 g/mol. The number of carbonyl (C=O) groups is 1. The smallest absolute Gasteiger partial charge is 0.236 e. The maximum Gasteiger partial charge on any atom is 0.236 e. The summed E-state index contributed by atoms with van der Waals surface area (Å²) in [5, 5.41) is 6.74. The molecule has 1 N–H and O–H groups in total. The van der Waals surface area contributed by atoms with Crippen molar-refractivity contribution < 1.29 is 14.1 Å². The van der Waals surface area contributed by atoms with Crippen LogP contribution in [0.4, 0.5) is 11.4 Å². The molecule has 3 rings (SSSR count). The number of nitrogens with one attached hydrogen (secondary N) is 1. The SMILES string of the molecule is COc1ccc(-c2noc(CC(=O)Nc3ccc(N(C)C)cc3)n2)cc1. The zero-order valence-electron chi connectivity index (χ0n) is 14.9. The van der Waals surface area contributed by atoms with Gasteiger partial charge in [-0.25, -0.2) is 0 Å². The molecule has 1 amide bonds. The second-order valence-corrected chi connectivity index (χ2v) is 5.91. The fraction of sp³-hybridized carbons (Fsp3) is 0.211. The lowest BCUT2D eigenvalue weighted by Crippen LogP contribution is -2.15. The van der Waals surface area contributed by atoms with Crippen molar-refractivity contribution in [2.45, 2.75) is 6.42 Å². The van der Waals surface area contributed by atoms with Gasteiger partial charge in [-0.2, -0.15) is 4.98 Å². The summed E-state index contributed by atoms with van der Waals surface area (Å²) in [5.74, 6) is 1.23. The number of methoxy groups -OCH3 is 1. The molecule has 0 spiro atoms. The summed E-state index contributed by atoms with van der Waals surface area (Å²) in [6.45, 7) is 0. The second-order valence-electron chi connectivity index (χ2n) is 5.91. The maximum atomic E-state index is 12.2. The molecule has 7 nitrogen and oxygen atoms in total. The van der Waals surface area contributed by atoms with Crippen LogP contribution in [0, 0.1) is 0 Å². The summed E-state index contributed by atoms with van der Waals surface area (Å²) in [4.78, 5) is 18.4. The van der Waals surface area contributed by atoms with Crippen LogP contribution < -0.4 is 15.0 Å². The van der Waals surface area contributed by atoms with Gasteiger partial charge in [0.05, 0.1) is 7.11 Å². The molecular weight excluding hydrogens is 332 g/mol. The first-order valence-corrected chi connectivity index (χ1v) is 8.09. The van der Waals surface area contributed by atoms with E-state index in [1.165, 1.54) is 0 Å². The molecular formula is C19H20N4O3. The molecule has 0 aliphatic carbocycles. The normalized spacial score (nSPS) is 10.4. The van der Waals surface area contributed by atoms with Crippen LogP contribution in [-0.2, 0) is 11.2 Å². The minimum Gasteiger partial charge on any atom is -0.497 e. The lowest BCUT2D eigenvalue weighted by Gasteiger charge is -2.12. The highest BCUT2D eigenvalue weighted by Gasteiger charge is 2.13. The summed E-state index contributed by atoms with van der Waals surface area (Å²) in [6, 6.07) is 14.9. The van der Waals surface area contributed by atoms with Crippen molar-refractivity contribution in [2.75, 3.05) is 31.4 Å². The largest absolute Gasteiger partial charge is 0.497 e. The lowest BCUT2D eigenvalue weighted by molar-refractivity contribution is -0.115. The van der Waals surface area contributed by atoms with Gasteiger partial charge in [-0.15, -0.1) is 0 Å². The number of ether oxygens (including phenoxy) is 1. The van der Waals surface area contributed by atoms with Crippen LogP contribution in [0.25, 0.3) is 11.4 Å². The molecule has 26 heavy (non-hydrogen) atoms. The molecule has 0 aliphatic rings. The van der Waals surface area contributed by atoms with E-state index >= 15 is 0 Å². The van der Waals surface area contributed by atoms with Gasteiger partial charge in [0.1, 0.15) is 12.2 Å². The van der Waals surface area contributed by atoms with Crippen LogP contribution in [-0.4, -0.2) is 37.3 Å². The molecule has 7 heteroatoms. The Labute approximate surface area is 151 Å². The Morgan fingerprint density at radius 3 is 2.42 bits per heavy atom. The van der Waals surface area contributed by atoms with E-state index in [9.17, 15) is 4.79 Å². The third-order valence-electron chi connectivity index (χ3n) is 3.80. The number of amides is 1. The average Bonchev–Trinajstić information content (AvgIpc) is 3.10. The van der Waals surface area contributed by atoms with Gasteiger partial charge in [0.25, 0.3) is 0 Å². The van der Waals surface area contributed by atoms with Crippen LogP contribution in [0.1, 0.15) is 5.89 Å². The second kappa shape index (κ2) is 7.69. The minimum absolute atomic E-state index is 0.0125. The van der Waals surface area contributed by atoms with E-state index in [0.29, 0.717) is 5.82 Å². The predicted octanol–water partition coefficient (Wildman–Crippen LogP) is 2.99. The highest BCUT2D eigenvalue weighted by atomic mass is 16.5. The number of aromatic nitrogens is 2. The fourth-order valence-corrected chi connectivity index (χ4v) is 2.37. The van der Waals surface area contributed by atoms with Gasteiger partial charge < -0.3 is 19.5 Å². The Hall–Kier alpha value is -3.35. The van der Waals surface area contributed by atoms with Crippen LogP contribution in [0.15, 0.2) is 53.1 Å². The summed E-state index contributed by atoms with van der Waals surface area (Å²) >= 11 is 0. The molecule has 1 heterocycles. The van der Waals surface area contributed by atoms with Gasteiger partial charge in [-0.1, -0.05) is 5.16 Å². The molecule has 0 atom stereocenters. The van der Waals surface area contributed by atoms with Gasteiger partial charge in [0.15, 0.2) is 0 Å². The highest BCUT2D eigenvalue weighted by molar-refractivity contribution is 5.91. The van der Waals surface area contributed by atoms with Gasteiger partial charge in [0, 0.05) is 31.0 Å². The number of hydrogen-bond donors (Lipinski definition) is 1. The number of nitrogens with zero attached hydrogens (tertiary/aromatic N) is 3. The molecule has 0 aliphatic heterocycles. The predicted molar refractivity (Wildman–Crippen MR) is 99.4 cm³/mol. The average molecular weight is 352 g/mol. The number of rotatable bonds is 6. The number of carbonyl (C=O) groups excluding carboxylic acids is 1. The van der Waals surface area contributed by atoms with Gasteiger partial charge >= 0.3 is 0 Å². The molecule has 1 aromatic heterocycles. The van der Waals surface area contributed by atoms with Crippen molar-refractivity contribution in [3.63, 3.8) is 0 Å². The molecule has 0 saturated heterocycles. The summed E-state index contributed by atoms with van der Waals surface area (Å²) in [5.41, 5.74) is 2.57. The van der Waals surface area contributed by atoms with Gasteiger partial charge in [-0.05, 0) is 48.5 Å². The molecule has 3 aromatic rings. The van der Waals surface area contributed by atoms with Crippen molar-refractivity contribution in [2.24, 2.45) is 0 Å². The summed E-state index contributed by atoms with van der Waals surface area (Å²) < 4.78 is 10.3. The Balaban J connectivity index is 1.61.